The summed E-state index contributed by atoms with van der Waals surface area (Å²) in [6.45, 7) is 6.77. The van der Waals surface area contributed by atoms with Gasteiger partial charge in [0.1, 0.15) is 5.82 Å². The molecule has 0 aromatic heterocycles. The number of benzene rings is 1. The van der Waals surface area contributed by atoms with E-state index in [-0.39, 0.29) is 17.8 Å². The molecule has 2 fully saturated rings. The summed E-state index contributed by atoms with van der Waals surface area (Å²) >= 11 is 0. The van der Waals surface area contributed by atoms with Gasteiger partial charge in [-0.15, -0.1) is 0 Å². The number of hydrogen-bond donors (Lipinski definition) is 2. The Labute approximate surface area is 191 Å². The highest BCUT2D eigenvalue weighted by Gasteiger charge is 2.42. The fourth-order valence-corrected chi connectivity index (χ4v) is 4.79. The zero-order chi connectivity index (χ0) is 23.0. The molecule has 1 aromatic rings. The molecule has 1 heterocycles. The number of nitrogens with zero attached hydrogens (tertiary/aromatic N) is 3. The molecule has 2 aliphatic rings. The summed E-state index contributed by atoms with van der Waals surface area (Å²) in [6, 6.07) is 6.81. The number of carbonyl (C=O) groups excluding carboxylic acids is 1. The Morgan fingerprint density at radius 3 is 2.59 bits per heavy atom. The SMILES string of the molecule is CCNC(=NCC1(C(=O)N(C)C)CCCC1)NCC(c1cccc(F)c1)N1CCOCC1. The summed E-state index contributed by atoms with van der Waals surface area (Å²) in [6.07, 6.45) is 3.90. The van der Waals surface area contributed by atoms with Gasteiger partial charge < -0.3 is 20.3 Å². The lowest BCUT2D eigenvalue weighted by Gasteiger charge is -2.35. The number of rotatable bonds is 8. The van der Waals surface area contributed by atoms with Crippen LogP contribution in [0.4, 0.5) is 4.39 Å². The number of morpholine rings is 1. The van der Waals surface area contributed by atoms with E-state index in [9.17, 15) is 9.18 Å². The molecule has 1 saturated heterocycles. The van der Waals surface area contributed by atoms with Crippen LogP contribution < -0.4 is 10.6 Å². The van der Waals surface area contributed by atoms with Crippen molar-refractivity contribution in [2.24, 2.45) is 10.4 Å². The van der Waals surface area contributed by atoms with Crippen LogP contribution in [-0.4, -0.2) is 81.7 Å². The van der Waals surface area contributed by atoms with E-state index < -0.39 is 5.41 Å². The third kappa shape index (κ3) is 6.19. The van der Waals surface area contributed by atoms with Gasteiger partial charge in [-0.05, 0) is 37.5 Å². The standard InChI is InChI=1S/C24H38FN5O2/c1-4-26-23(28-18-24(10-5-6-11-24)22(31)29(2)3)27-17-21(30-12-14-32-15-13-30)19-8-7-9-20(25)16-19/h7-9,16,21H,4-6,10-15,17-18H2,1-3H3,(H2,26,27,28). The molecule has 1 aromatic carbocycles. The monoisotopic (exact) mass is 447 g/mol. The Balaban J connectivity index is 1.74. The number of halogens is 1. The second-order valence-electron chi connectivity index (χ2n) is 8.98. The lowest BCUT2D eigenvalue weighted by atomic mass is 9.85. The van der Waals surface area contributed by atoms with Crippen molar-refractivity contribution in [3.05, 3.63) is 35.6 Å². The summed E-state index contributed by atoms with van der Waals surface area (Å²) < 4.78 is 19.5. The summed E-state index contributed by atoms with van der Waals surface area (Å²) in [7, 11) is 3.64. The molecule has 7 nitrogen and oxygen atoms in total. The summed E-state index contributed by atoms with van der Waals surface area (Å²) in [4.78, 5) is 21.7. The second kappa shape index (κ2) is 11.6. The molecule has 8 heteroatoms. The van der Waals surface area contributed by atoms with Gasteiger partial charge in [0.15, 0.2) is 5.96 Å². The van der Waals surface area contributed by atoms with Crippen LogP contribution in [0.2, 0.25) is 0 Å². The van der Waals surface area contributed by atoms with Crippen LogP contribution >= 0.6 is 0 Å². The van der Waals surface area contributed by atoms with Crippen molar-refractivity contribution in [2.45, 2.75) is 38.6 Å². The number of guanidine groups is 1. The molecule has 0 bridgehead atoms. The first-order chi connectivity index (χ1) is 15.4. The minimum Gasteiger partial charge on any atom is -0.379 e. The maximum Gasteiger partial charge on any atom is 0.230 e. The summed E-state index contributed by atoms with van der Waals surface area (Å²) in [5, 5.41) is 6.76. The third-order valence-electron chi connectivity index (χ3n) is 6.49. The van der Waals surface area contributed by atoms with Crippen LogP contribution in [0.1, 0.15) is 44.2 Å². The second-order valence-corrected chi connectivity index (χ2v) is 8.98. The highest BCUT2D eigenvalue weighted by Crippen LogP contribution is 2.39. The maximum atomic E-state index is 14.0. The van der Waals surface area contributed by atoms with Crippen molar-refractivity contribution in [2.75, 3.05) is 60.0 Å². The van der Waals surface area contributed by atoms with Gasteiger partial charge in [-0.3, -0.25) is 14.7 Å². The number of nitrogens with one attached hydrogen (secondary N) is 2. The lowest BCUT2D eigenvalue weighted by Crippen LogP contribution is -2.47. The molecule has 1 aliphatic heterocycles. The maximum absolute atomic E-state index is 14.0. The van der Waals surface area contributed by atoms with Crippen LogP contribution in [0, 0.1) is 11.2 Å². The van der Waals surface area contributed by atoms with Gasteiger partial charge in [0.2, 0.25) is 5.91 Å². The van der Waals surface area contributed by atoms with Crippen molar-refractivity contribution in [3.8, 4) is 0 Å². The molecule has 1 atom stereocenters. The Bertz CT molecular complexity index is 773. The van der Waals surface area contributed by atoms with Gasteiger partial charge in [-0.1, -0.05) is 25.0 Å². The fourth-order valence-electron chi connectivity index (χ4n) is 4.79. The number of hydrogen-bond acceptors (Lipinski definition) is 4. The minimum absolute atomic E-state index is 0.00213. The predicted molar refractivity (Wildman–Crippen MR) is 125 cm³/mol. The number of aliphatic imine (C=N–C) groups is 1. The van der Waals surface area contributed by atoms with Crippen molar-refractivity contribution in [3.63, 3.8) is 0 Å². The molecule has 1 saturated carbocycles. The average molecular weight is 448 g/mol. The van der Waals surface area contributed by atoms with Gasteiger partial charge in [-0.25, -0.2) is 4.39 Å². The predicted octanol–water partition coefficient (Wildman–Crippen LogP) is 2.40. The Morgan fingerprint density at radius 1 is 1.25 bits per heavy atom. The molecule has 2 N–H and O–H groups in total. The van der Waals surface area contributed by atoms with Gasteiger partial charge in [0, 0.05) is 40.3 Å². The first-order valence-electron chi connectivity index (χ1n) is 11.8. The molecule has 0 radical (unpaired) electrons. The lowest BCUT2D eigenvalue weighted by molar-refractivity contribution is -0.138. The molecule has 1 unspecified atom stereocenters. The molecule has 0 spiro atoms. The minimum atomic E-state index is -0.405. The summed E-state index contributed by atoms with van der Waals surface area (Å²) in [5.74, 6) is 0.632. The molecular weight excluding hydrogens is 409 g/mol. The van der Waals surface area contributed by atoms with Gasteiger partial charge in [0.05, 0.1) is 31.2 Å². The van der Waals surface area contributed by atoms with E-state index in [4.69, 9.17) is 9.73 Å². The molecule has 178 valence electrons. The van der Waals surface area contributed by atoms with E-state index in [0.717, 1.165) is 50.9 Å². The fraction of sp³-hybridized carbons (Fsp3) is 0.667. The van der Waals surface area contributed by atoms with Gasteiger partial charge in [0.25, 0.3) is 0 Å². The van der Waals surface area contributed by atoms with E-state index in [2.05, 4.69) is 15.5 Å². The normalized spacial score (nSPS) is 20.1. The van der Waals surface area contributed by atoms with Crippen molar-refractivity contribution < 1.29 is 13.9 Å². The van der Waals surface area contributed by atoms with Crippen molar-refractivity contribution in [1.82, 2.24) is 20.4 Å². The topological polar surface area (TPSA) is 69.2 Å². The van der Waals surface area contributed by atoms with Crippen LogP contribution in [0.25, 0.3) is 0 Å². The average Bonchev–Trinajstić information content (AvgIpc) is 3.28. The van der Waals surface area contributed by atoms with E-state index in [1.807, 2.05) is 27.1 Å². The van der Waals surface area contributed by atoms with E-state index in [1.54, 1.807) is 17.0 Å². The molecule has 32 heavy (non-hydrogen) atoms. The summed E-state index contributed by atoms with van der Waals surface area (Å²) in [5.41, 5.74) is 0.531. The van der Waals surface area contributed by atoms with Crippen molar-refractivity contribution in [1.29, 1.82) is 0 Å². The van der Waals surface area contributed by atoms with Crippen LogP contribution in [0.3, 0.4) is 0 Å². The Kier molecular flexibility index (Phi) is 8.87. The number of ether oxygens (including phenoxy) is 1. The van der Waals surface area contributed by atoms with E-state index in [1.165, 1.54) is 6.07 Å². The first kappa shape index (κ1) is 24.5. The number of amides is 1. The Morgan fingerprint density at radius 2 is 1.97 bits per heavy atom. The van der Waals surface area contributed by atoms with Crippen molar-refractivity contribution >= 4 is 11.9 Å². The van der Waals surface area contributed by atoms with Crippen LogP contribution in [0.15, 0.2) is 29.3 Å². The highest BCUT2D eigenvalue weighted by atomic mass is 19.1. The molecule has 3 rings (SSSR count). The van der Waals surface area contributed by atoms with Gasteiger partial charge >= 0.3 is 0 Å². The quantitative estimate of drug-likeness (QED) is 0.473. The van der Waals surface area contributed by atoms with Crippen LogP contribution in [0.5, 0.6) is 0 Å². The Hall–Kier alpha value is -2.19. The van der Waals surface area contributed by atoms with E-state index in [0.29, 0.717) is 32.3 Å². The zero-order valence-electron chi connectivity index (χ0n) is 19.7. The van der Waals surface area contributed by atoms with Crippen LogP contribution in [-0.2, 0) is 9.53 Å². The highest BCUT2D eigenvalue weighted by molar-refractivity contribution is 5.84. The first-order valence-corrected chi connectivity index (χ1v) is 11.8. The number of carbonyl (C=O) groups is 1. The third-order valence-corrected chi connectivity index (χ3v) is 6.49. The largest absolute Gasteiger partial charge is 0.379 e. The molecule has 1 aliphatic carbocycles. The smallest absolute Gasteiger partial charge is 0.230 e. The molecule has 1 amide bonds. The zero-order valence-corrected chi connectivity index (χ0v) is 19.7. The van der Waals surface area contributed by atoms with Gasteiger partial charge in [-0.2, -0.15) is 0 Å². The van der Waals surface area contributed by atoms with E-state index >= 15 is 0 Å². The molecular formula is C24H38FN5O2.